The number of aromatic nitrogens is 4. The fraction of sp³-hybridized carbons (Fsp3) is 0.133. The van der Waals surface area contributed by atoms with Crippen molar-refractivity contribution in [2.75, 3.05) is 0 Å². The number of rotatable bonds is 3. The lowest BCUT2D eigenvalue weighted by atomic mass is 10.1. The lowest BCUT2D eigenvalue weighted by Crippen LogP contribution is -1.86. The molecule has 0 saturated carbocycles. The summed E-state index contributed by atoms with van der Waals surface area (Å²) in [7, 11) is 0. The molecule has 0 amide bonds. The number of hydrogen-bond acceptors (Lipinski definition) is 5. The summed E-state index contributed by atoms with van der Waals surface area (Å²) in [6, 6.07) is 9.81. The van der Waals surface area contributed by atoms with Crippen LogP contribution in [-0.4, -0.2) is 20.3 Å². The van der Waals surface area contributed by atoms with Crippen LogP contribution in [0.2, 0.25) is 0 Å². The van der Waals surface area contributed by atoms with Crippen LogP contribution in [0.5, 0.6) is 0 Å². The molecule has 4 rings (SSSR count). The molecule has 0 aliphatic rings. The molecule has 1 N–H and O–H groups in total. The summed E-state index contributed by atoms with van der Waals surface area (Å²) >= 11 is 0. The Morgan fingerprint density at radius 3 is 2.95 bits per heavy atom. The highest BCUT2D eigenvalue weighted by molar-refractivity contribution is 5.93. The molecule has 0 atom stereocenters. The topological polar surface area (TPSA) is 80.7 Å². The van der Waals surface area contributed by atoms with Crippen molar-refractivity contribution in [3.05, 3.63) is 53.9 Å². The van der Waals surface area contributed by atoms with Crippen LogP contribution in [0.25, 0.3) is 22.3 Å². The Balaban J connectivity index is 1.69. The first-order valence-corrected chi connectivity index (χ1v) is 6.61. The van der Waals surface area contributed by atoms with Gasteiger partial charge in [0.1, 0.15) is 5.76 Å². The fourth-order valence-electron chi connectivity index (χ4n) is 2.37. The van der Waals surface area contributed by atoms with E-state index < -0.39 is 0 Å². The number of nitrogens with one attached hydrogen (secondary N) is 1. The Morgan fingerprint density at radius 1 is 1.14 bits per heavy atom. The van der Waals surface area contributed by atoms with Crippen molar-refractivity contribution in [1.29, 1.82) is 0 Å². The second-order valence-corrected chi connectivity index (χ2v) is 4.87. The highest BCUT2D eigenvalue weighted by Crippen LogP contribution is 2.26. The number of fused-ring (bicyclic) bond motifs is 1. The largest absolute Gasteiger partial charge is 0.361 e. The molecule has 4 aromatic rings. The molecule has 0 fully saturated rings. The van der Waals surface area contributed by atoms with E-state index in [0.29, 0.717) is 23.9 Å². The molecule has 21 heavy (non-hydrogen) atoms. The molecule has 0 aliphatic heterocycles. The van der Waals surface area contributed by atoms with E-state index in [1.807, 2.05) is 43.5 Å². The van der Waals surface area contributed by atoms with Crippen LogP contribution in [0.3, 0.4) is 0 Å². The Labute approximate surface area is 119 Å². The van der Waals surface area contributed by atoms with Crippen molar-refractivity contribution >= 4 is 10.9 Å². The molecule has 6 heteroatoms. The second-order valence-electron chi connectivity index (χ2n) is 4.87. The predicted octanol–water partition coefficient (Wildman–Crippen LogP) is 3.11. The van der Waals surface area contributed by atoms with Crippen LogP contribution in [0.4, 0.5) is 0 Å². The summed E-state index contributed by atoms with van der Waals surface area (Å²) in [5, 5.41) is 8.97. The van der Waals surface area contributed by atoms with Crippen molar-refractivity contribution in [2.45, 2.75) is 13.3 Å². The summed E-state index contributed by atoms with van der Waals surface area (Å²) in [6.45, 7) is 1.87. The molecule has 0 aliphatic carbocycles. The molecule has 0 saturated heterocycles. The van der Waals surface area contributed by atoms with E-state index in [1.165, 1.54) is 0 Å². The third-order valence-corrected chi connectivity index (χ3v) is 3.31. The first kappa shape index (κ1) is 11.9. The van der Waals surface area contributed by atoms with Gasteiger partial charge in [0.15, 0.2) is 0 Å². The van der Waals surface area contributed by atoms with Crippen LogP contribution in [0.15, 0.2) is 45.6 Å². The van der Waals surface area contributed by atoms with E-state index in [2.05, 4.69) is 20.3 Å². The molecule has 0 unspecified atom stereocenters. The number of benzene rings is 1. The van der Waals surface area contributed by atoms with Gasteiger partial charge in [0.2, 0.25) is 11.7 Å². The van der Waals surface area contributed by atoms with E-state index in [-0.39, 0.29) is 0 Å². The van der Waals surface area contributed by atoms with Gasteiger partial charge in [0, 0.05) is 28.7 Å². The molecule has 1 aromatic carbocycles. The summed E-state index contributed by atoms with van der Waals surface area (Å²) in [4.78, 5) is 7.60. The van der Waals surface area contributed by atoms with Crippen LogP contribution in [0.1, 0.15) is 17.3 Å². The van der Waals surface area contributed by atoms with Crippen LogP contribution in [0, 0.1) is 6.92 Å². The van der Waals surface area contributed by atoms with Crippen LogP contribution < -0.4 is 0 Å². The first-order valence-electron chi connectivity index (χ1n) is 6.61. The fourth-order valence-corrected chi connectivity index (χ4v) is 2.37. The molecule has 3 heterocycles. The minimum Gasteiger partial charge on any atom is -0.361 e. The van der Waals surface area contributed by atoms with Crippen molar-refractivity contribution in [3.63, 3.8) is 0 Å². The molecular weight excluding hydrogens is 268 g/mol. The maximum atomic E-state index is 5.30. The lowest BCUT2D eigenvalue weighted by Gasteiger charge is -1.96. The zero-order valence-corrected chi connectivity index (χ0v) is 11.3. The quantitative estimate of drug-likeness (QED) is 0.623. The summed E-state index contributed by atoms with van der Waals surface area (Å²) < 4.78 is 10.5. The number of H-pyrrole nitrogens is 1. The van der Waals surface area contributed by atoms with Crippen LogP contribution >= 0.6 is 0 Å². The Hall–Kier alpha value is -2.89. The Bertz CT molecular complexity index is 903. The van der Waals surface area contributed by atoms with E-state index in [0.717, 1.165) is 22.2 Å². The zero-order chi connectivity index (χ0) is 14.2. The van der Waals surface area contributed by atoms with Crippen molar-refractivity contribution in [1.82, 2.24) is 20.3 Å². The standard InChI is InChI=1S/C15H12N4O2/c1-9-7-10(20-18-9)8-14-17-15(19-21-14)12-3-2-4-13-11(12)5-6-16-13/h2-7,16H,8H2,1H3. The average molecular weight is 280 g/mol. The minimum absolute atomic E-state index is 0.441. The molecule has 104 valence electrons. The van der Waals surface area contributed by atoms with Gasteiger partial charge in [-0.2, -0.15) is 4.98 Å². The molecular formula is C15H12N4O2. The highest BCUT2D eigenvalue weighted by atomic mass is 16.5. The third kappa shape index (κ3) is 2.10. The number of aromatic amines is 1. The van der Waals surface area contributed by atoms with Crippen molar-refractivity contribution in [2.24, 2.45) is 0 Å². The predicted molar refractivity (Wildman–Crippen MR) is 75.6 cm³/mol. The second kappa shape index (κ2) is 4.59. The number of nitrogens with zero attached hydrogens (tertiary/aromatic N) is 3. The van der Waals surface area contributed by atoms with E-state index >= 15 is 0 Å². The SMILES string of the molecule is Cc1cc(Cc2nc(-c3cccc4[nH]ccc34)no2)on1. The third-order valence-electron chi connectivity index (χ3n) is 3.31. The molecule has 0 spiro atoms. The van der Waals surface area contributed by atoms with Crippen molar-refractivity contribution in [3.8, 4) is 11.4 Å². The van der Waals surface area contributed by atoms with E-state index in [4.69, 9.17) is 9.05 Å². The van der Waals surface area contributed by atoms with Gasteiger partial charge in [-0.05, 0) is 19.1 Å². The molecule has 0 radical (unpaired) electrons. The normalized spacial score (nSPS) is 11.3. The monoisotopic (exact) mass is 280 g/mol. The maximum Gasteiger partial charge on any atom is 0.234 e. The lowest BCUT2D eigenvalue weighted by molar-refractivity contribution is 0.350. The average Bonchev–Trinajstić information content (AvgIpc) is 3.19. The van der Waals surface area contributed by atoms with Gasteiger partial charge in [-0.15, -0.1) is 0 Å². The smallest absolute Gasteiger partial charge is 0.234 e. The molecule has 6 nitrogen and oxygen atoms in total. The zero-order valence-electron chi connectivity index (χ0n) is 11.3. The maximum absolute atomic E-state index is 5.30. The van der Waals surface area contributed by atoms with Gasteiger partial charge < -0.3 is 14.0 Å². The summed E-state index contributed by atoms with van der Waals surface area (Å²) in [6.07, 6.45) is 2.34. The number of hydrogen-bond donors (Lipinski definition) is 1. The minimum atomic E-state index is 0.441. The first-order chi connectivity index (χ1) is 10.3. The van der Waals surface area contributed by atoms with E-state index in [9.17, 15) is 0 Å². The van der Waals surface area contributed by atoms with Gasteiger partial charge in [-0.3, -0.25) is 0 Å². The highest BCUT2D eigenvalue weighted by Gasteiger charge is 2.13. The summed E-state index contributed by atoms with van der Waals surface area (Å²) in [5.41, 5.74) is 2.82. The van der Waals surface area contributed by atoms with Gasteiger partial charge in [0.25, 0.3) is 0 Å². The van der Waals surface area contributed by atoms with Gasteiger partial charge >= 0.3 is 0 Å². The molecule has 3 aromatic heterocycles. The van der Waals surface area contributed by atoms with Gasteiger partial charge in [-0.25, -0.2) is 0 Å². The van der Waals surface area contributed by atoms with Crippen LogP contribution in [-0.2, 0) is 6.42 Å². The summed E-state index contributed by atoms with van der Waals surface area (Å²) in [5.74, 6) is 1.79. The van der Waals surface area contributed by atoms with Crippen molar-refractivity contribution < 1.29 is 9.05 Å². The van der Waals surface area contributed by atoms with Gasteiger partial charge in [0.05, 0.1) is 12.1 Å². The Kier molecular flexibility index (Phi) is 2.60. The van der Waals surface area contributed by atoms with Gasteiger partial charge in [-0.1, -0.05) is 22.4 Å². The van der Waals surface area contributed by atoms with E-state index in [1.54, 1.807) is 0 Å². The molecule has 0 bridgehead atoms. The number of aryl methyl sites for hydroxylation is 1. The Morgan fingerprint density at radius 2 is 2.10 bits per heavy atom.